The van der Waals surface area contributed by atoms with Gasteiger partial charge in [-0.05, 0) is 44.0 Å². The molecule has 0 aliphatic carbocycles. The zero-order chi connectivity index (χ0) is 24.2. The molecule has 1 atom stereocenters. The molecule has 1 amide bonds. The zero-order valence-corrected chi connectivity index (χ0v) is 20.7. The summed E-state index contributed by atoms with van der Waals surface area (Å²) < 4.78 is 15.3. The van der Waals surface area contributed by atoms with Crippen LogP contribution in [0, 0.1) is 12.7 Å². The first-order chi connectivity index (χ1) is 16.4. The molecule has 1 aliphatic heterocycles. The minimum absolute atomic E-state index is 0.210. The van der Waals surface area contributed by atoms with Gasteiger partial charge in [-0.1, -0.05) is 33.6 Å². The van der Waals surface area contributed by atoms with Crippen molar-refractivity contribution in [1.29, 1.82) is 0 Å². The van der Waals surface area contributed by atoms with Crippen LogP contribution < -0.4 is 4.90 Å². The highest BCUT2D eigenvalue weighted by Gasteiger charge is 2.27. The maximum atomic E-state index is 13.6. The van der Waals surface area contributed by atoms with Crippen molar-refractivity contribution in [2.45, 2.75) is 65.7 Å². The number of fused-ring (bicyclic) bond motifs is 1. The highest BCUT2D eigenvalue weighted by atomic mass is 19.1. The number of rotatable bonds is 8. The van der Waals surface area contributed by atoms with Crippen LogP contribution in [-0.4, -0.2) is 56.7 Å². The predicted octanol–water partition coefficient (Wildman–Crippen LogP) is 5.01. The molecule has 3 heterocycles. The van der Waals surface area contributed by atoms with E-state index in [1.165, 1.54) is 12.1 Å². The maximum absolute atomic E-state index is 13.6. The van der Waals surface area contributed by atoms with E-state index in [0.717, 1.165) is 72.8 Å². The fourth-order valence-corrected chi connectivity index (χ4v) is 4.61. The molecule has 8 heteroatoms. The molecule has 34 heavy (non-hydrogen) atoms. The van der Waals surface area contributed by atoms with Crippen molar-refractivity contribution in [1.82, 2.24) is 24.6 Å². The summed E-state index contributed by atoms with van der Waals surface area (Å²) in [7, 11) is 0. The molecule has 0 spiro atoms. The molecule has 0 N–H and O–H groups in total. The largest absolute Gasteiger partial charge is 0.352 e. The Morgan fingerprint density at radius 1 is 1.06 bits per heavy atom. The fraction of sp³-hybridized carbons (Fsp3) is 0.538. The van der Waals surface area contributed by atoms with Crippen molar-refractivity contribution in [3.05, 3.63) is 41.6 Å². The number of aromatic nitrogens is 4. The molecule has 1 saturated heterocycles. The summed E-state index contributed by atoms with van der Waals surface area (Å²) >= 11 is 0. The fourth-order valence-electron chi connectivity index (χ4n) is 4.61. The van der Waals surface area contributed by atoms with E-state index in [0.29, 0.717) is 19.5 Å². The number of unbranched alkanes of at least 4 members (excludes halogenated alkanes) is 1. The van der Waals surface area contributed by atoms with Crippen molar-refractivity contribution in [3.8, 4) is 5.69 Å². The van der Waals surface area contributed by atoms with Crippen LogP contribution in [0.15, 0.2) is 24.3 Å². The number of nitrogens with zero attached hydrogens (tertiary/aromatic N) is 6. The van der Waals surface area contributed by atoms with E-state index in [9.17, 15) is 9.18 Å². The lowest BCUT2D eigenvalue weighted by molar-refractivity contribution is -0.131. The third-order valence-corrected chi connectivity index (χ3v) is 6.61. The van der Waals surface area contributed by atoms with E-state index >= 15 is 0 Å². The van der Waals surface area contributed by atoms with Gasteiger partial charge in [0.15, 0.2) is 5.65 Å². The molecule has 0 saturated carbocycles. The number of hydrogen-bond acceptors (Lipinski definition) is 5. The van der Waals surface area contributed by atoms with Crippen LogP contribution in [0.5, 0.6) is 0 Å². The summed E-state index contributed by atoms with van der Waals surface area (Å²) in [4.78, 5) is 26.7. The topological polar surface area (TPSA) is 67.2 Å². The van der Waals surface area contributed by atoms with Gasteiger partial charge in [-0.15, -0.1) is 0 Å². The summed E-state index contributed by atoms with van der Waals surface area (Å²) in [5, 5.41) is 5.69. The first-order valence-corrected chi connectivity index (χ1v) is 12.5. The Kier molecular flexibility index (Phi) is 7.44. The van der Waals surface area contributed by atoms with Gasteiger partial charge < -0.3 is 9.80 Å². The lowest BCUT2D eigenvalue weighted by atomic mass is 10.1. The highest BCUT2D eigenvalue weighted by Crippen LogP contribution is 2.32. The van der Waals surface area contributed by atoms with E-state index < -0.39 is 0 Å². The number of hydrogen-bond donors (Lipinski definition) is 0. The number of piperazine rings is 1. The molecule has 182 valence electrons. The number of carbonyl (C=O) groups excluding carboxylic acids is 1. The number of amides is 1. The molecule has 1 fully saturated rings. The van der Waals surface area contributed by atoms with Crippen LogP contribution in [0.3, 0.4) is 0 Å². The van der Waals surface area contributed by atoms with Crippen LogP contribution in [-0.2, 0) is 4.79 Å². The van der Waals surface area contributed by atoms with Gasteiger partial charge >= 0.3 is 0 Å². The Morgan fingerprint density at radius 2 is 1.76 bits per heavy atom. The van der Waals surface area contributed by atoms with Gasteiger partial charge in [0.2, 0.25) is 5.91 Å². The molecule has 7 nitrogen and oxygen atoms in total. The minimum Gasteiger partial charge on any atom is -0.352 e. The summed E-state index contributed by atoms with van der Waals surface area (Å²) in [5.74, 6) is 1.85. The SMILES string of the molecule is CCCCC(=O)N1CCN(c2nc(C(C)CCC)nc3c2c(C)nn3-c2ccc(F)cc2)CC1. The third-order valence-electron chi connectivity index (χ3n) is 6.61. The molecule has 3 aromatic rings. The Balaban J connectivity index is 1.72. The van der Waals surface area contributed by atoms with Gasteiger partial charge in [-0.2, -0.15) is 5.10 Å². The van der Waals surface area contributed by atoms with E-state index in [1.807, 2.05) is 11.8 Å². The van der Waals surface area contributed by atoms with Crippen LogP contribution in [0.2, 0.25) is 0 Å². The Bertz CT molecular complexity index is 1130. The normalized spacial score (nSPS) is 15.2. The molecule has 1 unspecified atom stereocenters. The summed E-state index contributed by atoms with van der Waals surface area (Å²) in [5.41, 5.74) is 2.35. The molecular formula is C26H35FN6O. The second kappa shape index (κ2) is 10.5. The predicted molar refractivity (Wildman–Crippen MR) is 133 cm³/mol. The van der Waals surface area contributed by atoms with Gasteiger partial charge in [0.1, 0.15) is 17.5 Å². The van der Waals surface area contributed by atoms with Crippen molar-refractivity contribution in [2.24, 2.45) is 0 Å². The number of carbonyl (C=O) groups is 1. The molecule has 4 rings (SSSR count). The third kappa shape index (κ3) is 4.91. The van der Waals surface area contributed by atoms with E-state index in [2.05, 4.69) is 25.7 Å². The molecular weight excluding hydrogens is 431 g/mol. The van der Waals surface area contributed by atoms with E-state index in [-0.39, 0.29) is 17.6 Å². The maximum Gasteiger partial charge on any atom is 0.222 e. The van der Waals surface area contributed by atoms with Crippen molar-refractivity contribution >= 4 is 22.8 Å². The van der Waals surface area contributed by atoms with Gasteiger partial charge in [0.05, 0.1) is 16.8 Å². The molecule has 2 aromatic heterocycles. The monoisotopic (exact) mass is 466 g/mol. The van der Waals surface area contributed by atoms with Crippen LogP contribution in [0.25, 0.3) is 16.7 Å². The van der Waals surface area contributed by atoms with Crippen molar-refractivity contribution in [3.63, 3.8) is 0 Å². The number of aryl methyl sites for hydroxylation is 1. The summed E-state index contributed by atoms with van der Waals surface area (Å²) in [6.45, 7) is 11.2. The molecule has 1 aromatic carbocycles. The molecule has 0 radical (unpaired) electrons. The van der Waals surface area contributed by atoms with E-state index in [4.69, 9.17) is 15.1 Å². The quantitative estimate of drug-likeness (QED) is 0.467. The van der Waals surface area contributed by atoms with Crippen LogP contribution >= 0.6 is 0 Å². The van der Waals surface area contributed by atoms with Gasteiger partial charge in [-0.3, -0.25) is 4.79 Å². The first kappa shape index (κ1) is 24.1. The second-order valence-corrected chi connectivity index (χ2v) is 9.24. The lowest BCUT2D eigenvalue weighted by Crippen LogP contribution is -2.49. The van der Waals surface area contributed by atoms with Crippen LogP contribution in [0.1, 0.15) is 70.3 Å². The number of halogens is 1. The summed E-state index contributed by atoms with van der Waals surface area (Å²) in [6, 6.07) is 6.32. The minimum atomic E-state index is -0.282. The Morgan fingerprint density at radius 3 is 2.41 bits per heavy atom. The highest BCUT2D eigenvalue weighted by molar-refractivity contribution is 5.91. The van der Waals surface area contributed by atoms with Gasteiger partial charge in [0.25, 0.3) is 0 Å². The summed E-state index contributed by atoms with van der Waals surface area (Å²) in [6.07, 6.45) is 4.63. The lowest BCUT2D eigenvalue weighted by Gasteiger charge is -2.36. The molecule has 0 bridgehead atoms. The number of anilines is 1. The Labute approximate surface area is 201 Å². The zero-order valence-electron chi connectivity index (χ0n) is 20.7. The van der Waals surface area contributed by atoms with Gasteiger partial charge in [-0.25, -0.2) is 19.0 Å². The second-order valence-electron chi connectivity index (χ2n) is 9.24. The van der Waals surface area contributed by atoms with Crippen molar-refractivity contribution in [2.75, 3.05) is 31.1 Å². The van der Waals surface area contributed by atoms with Crippen LogP contribution in [0.4, 0.5) is 10.2 Å². The standard InChI is InChI=1S/C26H35FN6O/c1-5-7-9-22(34)31-14-16-32(17-15-31)25-23-19(4)30-33(21-12-10-20(27)11-13-21)26(23)29-24(28-25)18(3)8-6-2/h10-13,18H,5-9,14-17H2,1-4H3. The molecule has 1 aliphatic rings. The van der Waals surface area contributed by atoms with Gasteiger partial charge in [0, 0.05) is 38.5 Å². The Hall–Kier alpha value is -3.03. The average Bonchev–Trinajstić information content (AvgIpc) is 3.19. The van der Waals surface area contributed by atoms with E-state index in [1.54, 1.807) is 16.8 Å². The smallest absolute Gasteiger partial charge is 0.222 e. The number of benzene rings is 1. The first-order valence-electron chi connectivity index (χ1n) is 12.5. The average molecular weight is 467 g/mol. The van der Waals surface area contributed by atoms with Crippen molar-refractivity contribution < 1.29 is 9.18 Å².